The van der Waals surface area contributed by atoms with Crippen molar-refractivity contribution in [1.29, 1.82) is 10.5 Å². The summed E-state index contributed by atoms with van der Waals surface area (Å²) in [4.78, 5) is 30.9. The second-order valence-electron chi connectivity index (χ2n) is 7.65. The number of amides is 2. The Hall–Kier alpha value is -2.94. The molecular weight excluding hydrogens is 356 g/mol. The van der Waals surface area contributed by atoms with Crippen LogP contribution in [0.5, 0.6) is 0 Å². The summed E-state index contributed by atoms with van der Waals surface area (Å²) in [6.45, 7) is 1.53. The van der Waals surface area contributed by atoms with Crippen LogP contribution < -0.4 is 10.6 Å². The third-order valence-corrected chi connectivity index (χ3v) is 5.96. The summed E-state index contributed by atoms with van der Waals surface area (Å²) in [6, 6.07) is 9.93. The highest BCUT2D eigenvalue weighted by molar-refractivity contribution is 6.01. The van der Waals surface area contributed by atoms with Gasteiger partial charge in [-0.1, -0.05) is 6.07 Å². The minimum Gasteiger partial charge on any atom is -0.325 e. The van der Waals surface area contributed by atoms with Gasteiger partial charge in [0.15, 0.2) is 0 Å². The number of nitriles is 2. The van der Waals surface area contributed by atoms with Crippen LogP contribution in [0.3, 0.4) is 0 Å². The first-order valence-corrected chi connectivity index (χ1v) is 9.56. The van der Waals surface area contributed by atoms with Gasteiger partial charge in [0.2, 0.25) is 11.8 Å². The van der Waals surface area contributed by atoms with Crippen LogP contribution in [0.4, 0.5) is 5.69 Å². The molecule has 8 heteroatoms. The number of piperazine rings is 1. The molecule has 4 atom stereocenters. The normalized spacial score (nSPS) is 27.7. The molecule has 4 rings (SSSR count). The molecule has 0 saturated carbocycles. The zero-order valence-corrected chi connectivity index (χ0v) is 15.5. The molecule has 3 aliphatic heterocycles. The van der Waals surface area contributed by atoms with Crippen molar-refractivity contribution in [3.05, 3.63) is 29.8 Å². The summed E-state index contributed by atoms with van der Waals surface area (Å²) in [5.41, 5.74) is 7.42. The maximum Gasteiger partial charge on any atom is 0.244 e. The molecule has 3 heterocycles. The highest BCUT2D eigenvalue weighted by Crippen LogP contribution is 2.36. The number of hydrogen-bond donors (Lipinski definition) is 1. The molecule has 144 valence electrons. The van der Waals surface area contributed by atoms with Crippen molar-refractivity contribution in [2.24, 2.45) is 5.73 Å². The van der Waals surface area contributed by atoms with Crippen LogP contribution in [0.15, 0.2) is 24.3 Å². The largest absolute Gasteiger partial charge is 0.325 e. The first kappa shape index (κ1) is 18.4. The van der Waals surface area contributed by atoms with E-state index in [0.29, 0.717) is 38.0 Å². The van der Waals surface area contributed by atoms with Gasteiger partial charge in [0.1, 0.15) is 6.04 Å². The summed E-state index contributed by atoms with van der Waals surface area (Å²) in [7, 11) is 0. The summed E-state index contributed by atoms with van der Waals surface area (Å²) in [5.74, 6) is -0.222. The Morgan fingerprint density at radius 1 is 1.36 bits per heavy atom. The number of fused-ring (bicyclic) bond motifs is 2. The number of nitrogens with two attached hydrogens (primary N) is 1. The van der Waals surface area contributed by atoms with Crippen molar-refractivity contribution < 1.29 is 9.59 Å². The van der Waals surface area contributed by atoms with E-state index in [2.05, 4.69) is 12.1 Å². The fourth-order valence-electron chi connectivity index (χ4n) is 4.64. The molecule has 2 amide bonds. The number of benzene rings is 1. The molecule has 1 aromatic carbocycles. The highest BCUT2D eigenvalue weighted by atomic mass is 16.2. The number of hydrogen-bond acceptors (Lipinski definition) is 6. The lowest BCUT2D eigenvalue weighted by molar-refractivity contribution is -0.134. The molecule has 2 N–H and O–H groups in total. The third-order valence-electron chi connectivity index (χ3n) is 5.96. The topological polar surface area (TPSA) is 117 Å². The Balaban J connectivity index is 1.42. The van der Waals surface area contributed by atoms with Gasteiger partial charge < -0.3 is 15.5 Å². The van der Waals surface area contributed by atoms with E-state index in [0.717, 1.165) is 12.1 Å². The minimum atomic E-state index is -0.739. The quantitative estimate of drug-likeness (QED) is 0.799. The minimum absolute atomic E-state index is 0.0120. The Morgan fingerprint density at radius 3 is 2.89 bits per heavy atom. The molecule has 0 aliphatic carbocycles. The van der Waals surface area contributed by atoms with Crippen molar-refractivity contribution in [3.63, 3.8) is 0 Å². The van der Waals surface area contributed by atoms with E-state index in [1.54, 1.807) is 28.0 Å². The zero-order valence-electron chi connectivity index (χ0n) is 15.5. The van der Waals surface area contributed by atoms with Crippen molar-refractivity contribution in [3.8, 4) is 12.1 Å². The zero-order chi connectivity index (χ0) is 19.8. The number of anilines is 1. The molecular formula is C20H22N6O2. The average Bonchev–Trinajstić information content (AvgIpc) is 3.41. The van der Waals surface area contributed by atoms with E-state index in [1.165, 1.54) is 0 Å². The Kier molecular flexibility index (Phi) is 4.76. The van der Waals surface area contributed by atoms with E-state index in [-0.39, 0.29) is 23.9 Å². The van der Waals surface area contributed by atoms with Gasteiger partial charge in [0.25, 0.3) is 0 Å². The monoisotopic (exact) mass is 378 g/mol. The number of nitrogens with zero attached hydrogens (tertiary/aromatic N) is 5. The summed E-state index contributed by atoms with van der Waals surface area (Å²) in [5, 5.41) is 18.3. The van der Waals surface area contributed by atoms with Gasteiger partial charge >= 0.3 is 0 Å². The van der Waals surface area contributed by atoms with Crippen molar-refractivity contribution in [2.75, 3.05) is 24.5 Å². The van der Waals surface area contributed by atoms with Crippen LogP contribution in [0.1, 0.15) is 24.8 Å². The predicted molar refractivity (Wildman–Crippen MR) is 101 cm³/mol. The molecule has 0 unspecified atom stereocenters. The van der Waals surface area contributed by atoms with Gasteiger partial charge in [-0.2, -0.15) is 10.5 Å². The van der Waals surface area contributed by atoms with E-state index in [9.17, 15) is 14.9 Å². The van der Waals surface area contributed by atoms with Crippen LogP contribution in [-0.2, 0) is 9.59 Å². The maximum atomic E-state index is 12.9. The van der Waals surface area contributed by atoms with E-state index in [4.69, 9.17) is 11.0 Å². The van der Waals surface area contributed by atoms with E-state index < -0.39 is 12.1 Å². The van der Waals surface area contributed by atoms with Gasteiger partial charge in [0.05, 0.1) is 35.8 Å². The third kappa shape index (κ3) is 3.01. The molecule has 0 spiro atoms. The molecule has 3 fully saturated rings. The predicted octanol–water partition coefficient (Wildman–Crippen LogP) is 0.190. The second kappa shape index (κ2) is 7.23. The fraction of sp³-hybridized carbons (Fsp3) is 0.500. The number of likely N-dealkylation sites (tertiary alicyclic amines) is 2. The number of rotatable bonds is 4. The maximum absolute atomic E-state index is 12.9. The Labute approximate surface area is 163 Å². The van der Waals surface area contributed by atoms with Crippen LogP contribution in [0.25, 0.3) is 0 Å². The van der Waals surface area contributed by atoms with Gasteiger partial charge in [-0.05, 0) is 37.5 Å². The smallest absolute Gasteiger partial charge is 0.244 e. The molecule has 3 aliphatic rings. The SMILES string of the molecule is N#Cc1cccc(N2C(=O)[C@H]3C[C@@H]2CN3C[C@H](N)C(=O)N2CCC[C@H]2C#N)c1. The first-order chi connectivity index (χ1) is 13.5. The molecule has 8 nitrogen and oxygen atoms in total. The lowest BCUT2D eigenvalue weighted by Crippen LogP contribution is -2.56. The lowest BCUT2D eigenvalue weighted by atomic mass is 10.1. The molecule has 1 aromatic rings. The van der Waals surface area contributed by atoms with Gasteiger partial charge in [-0.3, -0.25) is 14.5 Å². The van der Waals surface area contributed by atoms with Gasteiger partial charge in [-0.15, -0.1) is 0 Å². The van der Waals surface area contributed by atoms with Crippen LogP contribution in [0.2, 0.25) is 0 Å². The van der Waals surface area contributed by atoms with Gasteiger partial charge in [-0.25, -0.2) is 0 Å². The summed E-state index contributed by atoms with van der Waals surface area (Å²) in [6.07, 6.45) is 2.21. The van der Waals surface area contributed by atoms with Crippen LogP contribution in [-0.4, -0.2) is 65.4 Å². The molecule has 28 heavy (non-hydrogen) atoms. The van der Waals surface area contributed by atoms with Crippen LogP contribution >= 0.6 is 0 Å². The molecule has 3 saturated heterocycles. The van der Waals surface area contributed by atoms with Crippen molar-refractivity contribution >= 4 is 17.5 Å². The molecule has 0 radical (unpaired) electrons. The fourth-order valence-corrected chi connectivity index (χ4v) is 4.64. The first-order valence-electron chi connectivity index (χ1n) is 9.56. The summed E-state index contributed by atoms with van der Waals surface area (Å²) < 4.78 is 0. The van der Waals surface area contributed by atoms with Crippen molar-refractivity contribution in [2.45, 2.75) is 43.4 Å². The molecule has 2 bridgehead atoms. The van der Waals surface area contributed by atoms with Crippen LogP contribution in [0, 0.1) is 22.7 Å². The average molecular weight is 378 g/mol. The number of carbonyl (C=O) groups excluding carboxylic acids is 2. The van der Waals surface area contributed by atoms with Gasteiger partial charge in [0, 0.05) is 25.3 Å². The highest BCUT2D eigenvalue weighted by Gasteiger charge is 2.50. The Morgan fingerprint density at radius 2 is 2.18 bits per heavy atom. The lowest BCUT2D eigenvalue weighted by Gasteiger charge is -2.35. The second-order valence-corrected chi connectivity index (χ2v) is 7.65. The molecule has 0 aromatic heterocycles. The summed E-state index contributed by atoms with van der Waals surface area (Å²) >= 11 is 0. The number of carbonyl (C=O) groups is 2. The Bertz CT molecular complexity index is 887. The van der Waals surface area contributed by atoms with E-state index in [1.807, 2.05) is 11.0 Å². The van der Waals surface area contributed by atoms with Crippen molar-refractivity contribution in [1.82, 2.24) is 9.80 Å². The standard InChI is InChI=1S/C20H22N6O2/c21-9-13-3-1-4-14(7-13)26-16-8-18(20(26)28)24(11-16)12-17(23)19(27)25-6-2-5-15(25)10-22/h1,3-4,7,15-18H,2,5-6,8,11-12,23H2/t15-,16+,17-,18+/m0/s1. The van der Waals surface area contributed by atoms with E-state index >= 15 is 0 Å².